The number of hydrogen-bond acceptors (Lipinski definition) is 5. The number of carboxylic acids is 1. The normalized spacial score (nSPS) is 25.9. The number of ether oxygens (including phenoxy) is 1. The van der Waals surface area contributed by atoms with Gasteiger partial charge in [-0.3, -0.25) is 19.0 Å². The predicted octanol–water partition coefficient (Wildman–Crippen LogP) is 11.1. The summed E-state index contributed by atoms with van der Waals surface area (Å²) < 4.78 is 9.42. The molecule has 4 fully saturated rings. The molecule has 0 saturated heterocycles. The molecule has 8 rings (SSSR count). The maximum atomic E-state index is 11.9. The van der Waals surface area contributed by atoms with E-state index in [1.165, 1.54) is 87.6 Å². The van der Waals surface area contributed by atoms with Gasteiger partial charge in [0.25, 0.3) is 11.1 Å². The van der Waals surface area contributed by atoms with E-state index in [9.17, 15) is 14.7 Å². The number of methoxy groups -OCH3 is 1. The van der Waals surface area contributed by atoms with Gasteiger partial charge in [-0.1, -0.05) is 76.6 Å². The van der Waals surface area contributed by atoms with Gasteiger partial charge in [0.15, 0.2) is 0 Å². The molecule has 4 aliphatic carbocycles. The van der Waals surface area contributed by atoms with Crippen LogP contribution >= 0.6 is 0 Å². The number of aromatic nitrogens is 4. The minimum atomic E-state index is -0.725. The zero-order valence-corrected chi connectivity index (χ0v) is 34.3. The highest BCUT2D eigenvalue weighted by Crippen LogP contribution is 2.46. The Bertz CT molecular complexity index is 2140. The zero-order chi connectivity index (χ0) is 40.2. The molecule has 10 heteroatoms. The maximum absolute atomic E-state index is 11.9. The maximum Gasteiger partial charge on any atom is 0.308 e. The second kappa shape index (κ2) is 17.4. The molecule has 0 bridgehead atoms. The summed E-state index contributed by atoms with van der Waals surface area (Å²) in [5, 5.41) is 21.7. The monoisotopic (exact) mass is 772 g/mol. The molecule has 302 valence electrons. The molecule has 4 aliphatic rings. The number of benzene rings is 2. The SMILES string of the molecule is [C-]#[N+]C1(c2ccc3c(CC)nn(C4CCCCC4)c3c2)CCC(C(=O)O)CC1.[C-]#[N+]C1(c2ccc3c(CC)nn(C4CCCCC4)c3c2)CCC(C(=O)OC)CC1. The van der Waals surface area contributed by atoms with Crippen molar-refractivity contribution in [2.75, 3.05) is 7.11 Å². The van der Waals surface area contributed by atoms with Gasteiger partial charge in [-0.15, -0.1) is 0 Å². The first-order chi connectivity index (χ1) is 27.7. The molecule has 0 radical (unpaired) electrons. The molecule has 2 heterocycles. The van der Waals surface area contributed by atoms with Crippen molar-refractivity contribution in [3.63, 3.8) is 0 Å². The number of nitrogens with zero attached hydrogens (tertiary/aromatic N) is 6. The molecule has 0 aliphatic heterocycles. The molecule has 0 spiro atoms. The second-order valence-electron chi connectivity index (χ2n) is 17.2. The topological polar surface area (TPSA) is 108 Å². The van der Waals surface area contributed by atoms with Crippen molar-refractivity contribution < 1.29 is 19.4 Å². The van der Waals surface area contributed by atoms with Crippen LogP contribution in [0.2, 0.25) is 0 Å². The quantitative estimate of drug-likeness (QED) is 0.141. The predicted molar refractivity (Wildman–Crippen MR) is 223 cm³/mol. The summed E-state index contributed by atoms with van der Waals surface area (Å²) in [7, 11) is 1.45. The van der Waals surface area contributed by atoms with Gasteiger partial charge >= 0.3 is 11.9 Å². The lowest BCUT2D eigenvalue weighted by Gasteiger charge is -2.30. The molecular weight excluding hydrogens is 713 g/mol. The Hall–Kier alpha value is -4.70. The van der Waals surface area contributed by atoms with Crippen LogP contribution in [0.5, 0.6) is 0 Å². The van der Waals surface area contributed by atoms with Crippen LogP contribution in [-0.4, -0.2) is 43.7 Å². The standard InChI is InChI=1S/C24H31N3O2.C23H29N3O2/c1-4-21-20-11-10-18(16-22(20)27(26-21)19-8-6-5-7-9-19)24(25-2)14-12-17(13-15-24)23(28)29-3;1-3-20-19-10-9-17(23(24-2)13-11-16(12-14-23)22(27)28)15-21(19)26(25-20)18-7-5-4-6-8-18/h10-11,16-17,19H,4-9,12-15H2,1,3H3;9-10,15-16,18H,3-8,11-14H2,1H3,(H,27,28). The lowest BCUT2D eigenvalue weighted by molar-refractivity contribution is -0.147. The Balaban J connectivity index is 0.000000174. The van der Waals surface area contributed by atoms with Crippen molar-refractivity contribution in [3.8, 4) is 0 Å². The Labute approximate surface area is 338 Å². The first-order valence-corrected chi connectivity index (χ1v) is 21.8. The van der Waals surface area contributed by atoms with Crippen LogP contribution in [0, 0.1) is 25.0 Å². The Morgan fingerprint density at radius 1 is 0.684 bits per heavy atom. The van der Waals surface area contributed by atoms with E-state index in [4.69, 9.17) is 28.1 Å². The number of carbonyl (C=O) groups excluding carboxylic acids is 1. The molecule has 10 nitrogen and oxygen atoms in total. The fourth-order valence-corrected chi connectivity index (χ4v) is 10.5. The molecule has 0 atom stereocenters. The molecule has 1 N–H and O–H groups in total. The van der Waals surface area contributed by atoms with Crippen molar-refractivity contribution in [1.82, 2.24) is 19.6 Å². The molecule has 2 aromatic carbocycles. The van der Waals surface area contributed by atoms with Gasteiger partial charge in [0.2, 0.25) is 0 Å². The van der Waals surface area contributed by atoms with Gasteiger partial charge in [-0.2, -0.15) is 10.2 Å². The van der Waals surface area contributed by atoms with E-state index < -0.39 is 17.0 Å². The van der Waals surface area contributed by atoms with Crippen LogP contribution in [0.1, 0.15) is 164 Å². The van der Waals surface area contributed by atoms with E-state index >= 15 is 0 Å². The average Bonchev–Trinajstić information content (AvgIpc) is 3.85. The summed E-state index contributed by atoms with van der Waals surface area (Å²) in [5.41, 5.74) is 5.64. The number of hydrogen-bond donors (Lipinski definition) is 1. The van der Waals surface area contributed by atoms with E-state index in [2.05, 4.69) is 69.3 Å². The highest BCUT2D eigenvalue weighted by molar-refractivity contribution is 5.84. The summed E-state index contributed by atoms with van der Waals surface area (Å²) in [5.74, 6) is -1.24. The fraction of sp³-hybridized carbons (Fsp3) is 0.617. The minimum absolute atomic E-state index is 0.0712. The van der Waals surface area contributed by atoms with Crippen molar-refractivity contribution in [1.29, 1.82) is 0 Å². The van der Waals surface area contributed by atoms with Crippen molar-refractivity contribution in [3.05, 3.63) is 81.7 Å². The van der Waals surface area contributed by atoms with E-state index in [-0.39, 0.29) is 17.8 Å². The average molecular weight is 773 g/mol. The van der Waals surface area contributed by atoms with Crippen molar-refractivity contribution in [2.24, 2.45) is 11.8 Å². The van der Waals surface area contributed by atoms with Gasteiger partial charge < -0.3 is 19.5 Å². The Morgan fingerprint density at radius 3 is 1.44 bits per heavy atom. The Kier molecular flexibility index (Phi) is 12.4. The number of rotatable bonds is 8. The van der Waals surface area contributed by atoms with Gasteiger partial charge in [-0.05, 0) is 76.3 Å². The van der Waals surface area contributed by atoms with Crippen LogP contribution in [0.25, 0.3) is 31.5 Å². The van der Waals surface area contributed by atoms with E-state index in [1.807, 2.05) is 0 Å². The van der Waals surface area contributed by atoms with E-state index in [1.54, 1.807) is 0 Å². The zero-order valence-electron chi connectivity index (χ0n) is 34.3. The van der Waals surface area contributed by atoms with Gasteiger partial charge in [0.05, 0.1) is 53.5 Å². The summed E-state index contributed by atoms with van der Waals surface area (Å²) in [6, 6.07) is 13.9. The number of carbonyl (C=O) groups is 2. The van der Waals surface area contributed by atoms with Gasteiger partial charge in [0, 0.05) is 47.6 Å². The van der Waals surface area contributed by atoms with Gasteiger partial charge in [0.1, 0.15) is 0 Å². The first-order valence-electron chi connectivity index (χ1n) is 21.8. The molecule has 4 aromatic rings. The van der Waals surface area contributed by atoms with Crippen LogP contribution in [-0.2, 0) is 38.2 Å². The number of carboxylic acid groups (broad SMARTS) is 1. The van der Waals surface area contributed by atoms with Crippen molar-refractivity contribution >= 4 is 33.7 Å². The van der Waals surface area contributed by atoms with Crippen LogP contribution in [0.4, 0.5) is 0 Å². The smallest absolute Gasteiger partial charge is 0.308 e. The number of esters is 1. The lowest BCUT2D eigenvalue weighted by atomic mass is 9.73. The lowest BCUT2D eigenvalue weighted by Crippen LogP contribution is -2.32. The third kappa shape index (κ3) is 7.94. The second-order valence-corrected chi connectivity index (χ2v) is 17.2. The Morgan fingerprint density at radius 2 is 1.09 bits per heavy atom. The van der Waals surface area contributed by atoms with Crippen LogP contribution < -0.4 is 0 Å². The number of aliphatic carboxylic acids is 1. The van der Waals surface area contributed by atoms with Crippen LogP contribution in [0.15, 0.2) is 36.4 Å². The molecule has 57 heavy (non-hydrogen) atoms. The number of aryl methyl sites for hydroxylation is 2. The molecule has 0 amide bonds. The molecule has 0 unspecified atom stereocenters. The van der Waals surface area contributed by atoms with Crippen molar-refractivity contribution in [2.45, 2.75) is 165 Å². The molecular formula is C47H60N6O4. The largest absolute Gasteiger partial charge is 0.481 e. The van der Waals surface area contributed by atoms with E-state index in [0.29, 0.717) is 50.6 Å². The summed E-state index contributed by atoms with van der Waals surface area (Å²) in [4.78, 5) is 31.4. The highest BCUT2D eigenvalue weighted by atomic mass is 16.5. The summed E-state index contributed by atoms with van der Waals surface area (Å²) in [6.45, 7) is 20.2. The number of fused-ring (bicyclic) bond motifs is 2. The minimum Gasteiger partial charge on any atom is -0.481 e. The molecule has 2 aromatic heterocycles. The molecule has 4 saturated carbocycles. The summed E-state index contributed by atoms with van der Waals surface area (Å²) in [6.07, 6.45) is 19.5. The third-order valence-electron chi connectivity index (χ3n) is 14.1. The van der Waals surface area contributed by atoms with E-state index in [0.717, 1.165) is 53.7 Å². The summed E-state index contributed by atoms with van der Waals surface area (Å²) >= 11 is 0. The first kappa shape index (κ1) is 40.5. The highest BCUT2D eigenvalue weighted by Gasteiger charge is 2.46. The van der Waals surface area contributed by atoms with Gasteiger partial charge in [-0.25, -0.2) is 13.1 Å². The van der Waals surface area contributed by atoms with Crippen LogP contribution in [0.3, 0.4) is 0 Å². The fourth-order valence-electron chi connectivity index (χ4n) is 10.5. The third-order valence-corrected chi connectivity index (χ3v) is 14.1.